The van der Waals surface area contributed by atoms with Crippen molar-refractivity contribution in [1.82, 2.24) is 10.2 Å². The number of likely N-dealkylation sites (N-methyl/N-ethyl adjacent to an activating group) is 1. The first kappa shape index (κ1) is 14.9. The predicted molar refractivity (Wildman–Crippen MR) is 70.2 cm³/mol. The molecule has 1 saturated heterocycles. The minimum absolute atomic E-state index is 0.215. The largest absolute Gasteiger partial charge is 0.395 e. The molecule has 0 aromatic rings. The van der Waals surface area contributed by atoms with Crippen LogP contribution < -0.4 is 5.32 Å². The van der Waals surface area contributed by atoms with Crippen LogP contribution in [0.2, 0.25) is 0 Å². The SMILES string of the molecule is CCNCC1(CN(C)C(C)CO)CCCOC1. The molecule has 102 valence electrons. The number of nitrogens with zero attached hydrogens (tertiary/aromatic N) is 1. The number of nitrogens with one attached hydrogen (secondary N) is 1. The van der Waals surface area contributed by atoms with E-state index in [4.69, 9.17) is 4.74 Å². The average Bonchev–Trinajstić information content (AvgIpc) is 2.36. The lowest BCUT2D eigenvalue weighted by Crippen LogP contribution is -2.50. The van der Waals surface area contributed by atoms with Crippen LogP contribution in [0.15, 0.2) is 0 Å². The molecule has 2 N–H and O–H groups in total. The summed E-state index contributed by atoms with van der Waals surface area (Å²) in [5.74, 6) is 0. The van der Waals surface area contributed by atoms with Crippen molar-refractivity contribution >= 4 is 0 Å². The summed E-state index contributed by atoms with van der Waals surface area (Å²) in [5, 5.41) is 12.7. The van der Waals surface area contributed by atoms with Gasteiger partial charge >= 0.3 is 0 Å². The van der Waals surface area contributed by atoms with Crippen molar-refractivity contribution in [2.75, 3.05) is 46.5 Å². The fourth-order valence-electron chi connectivity index (χ4n) is 2.44. The first-order chi connectivity index (χ1) is 8.13. The van der Waals surface area contributed by atoms with E-state index in [2.05, 4.69) is 31.1 Å². The standard InChI is InChI=1S/C13H28N2O2/c1-4-14-9-13(6-5-7-17-11-13)10-15(3)12(2)8-16/h12,14,16H,4-11H2,1-3H3. The summed E-state index contributed by atoms with van der Waals surface area (Å²) in [6.07, 6.45) is 2.36. The molecule has 0 bridgehead atoms. The van der Waals surface area contributed by atoms with E-state index in [0.29, 0.717) is 0 Å². The Bertz CT molecular complexity index is 206. The summed E-state index contributed by atoms with van der Waals surface area (Å²) in [6, 6.07) is 0.218. The lowest BCUT2D eigenvalue weighted by molar-refractivity contribution is -0.0301. The summed E-state index contributed by atoms with van der Waals surface area (Å²) < 4.78 is 5.67. The van der Waals surface area contributed by atoms with E-state index in [-0.39, 0.29) is 18.1 Å². The molecule has 1 aliphatic heterocycles. The van der Waals surface area contributed by atoms with Gasteiger partial charge < -0.3 is 20.1 Å². The Hall–Kier alpha value is -0.160. The van der Waals surface area contributed by atoms with Crippen LogP contribution in [0.25, 0.3) is 0 Å². The zero-order valence-corrected chi connectivity index (χ0v) is 11.5. The molecule has 17 heavy (non-hydrogen) atoms. The van der Waals surface area contributed by atoms with Crippen LogP contribution in [-0.4, -0.2) is 62.6 Å². The van der Waals surface area contributed by atoms with Gasteiger partial charge in [-0.3, -0.25) is 0 Å². The molecular formula is C13H28N2O2. The van der Waals surface area contributed by atoms with Crippen LogP contribution in [-0.2, 0) is 4.74 Å². The minimum Gasteiger partial charge on any atom is -0.395 e. The third-order valence-corrected chi connectivity index (χ3v) is 3.76. The second-order valence-electron chi connectivity index (χ2n) is 5.38. The summed E-state index contributed by atoms with van der Waals surface area (Å²) >= 11 is 0. The van der Waals surface area contributed by atoms with Gasteiger partial charge in [-0.15, -0.1) is 0 Å². The Balaban J connectivity index is 2.55. The third kappa shape index (κ3) is 4.54. The number of rotatable bonds is 7. The van der Waals surface area contributed by atoms with E-state index >= 15 is 0 Å². The molecule has 0 radical (unpaired) electrons. The minimum atomic E-state index is 0.215. The molecule has 0 aliphatic carbocycles. The lowest BCUT2D eigenvalue weighted by atomic mass is 9.81. The lowest BCUT2D eigenvalue weighted by Gasteiger charge is -2.41. The van der Waals surface area contributed by atoms with Gasteiger partial charge in [0, 0.05) is 31.2 Å². The highest BCUT2D eigenvalue weighted by molar-refractivity contribution is 4.87. The van der Waals surface area contributed by atoms with Crippen molar-refractivity contribution in [1.29, 1.82) is 0 Å². The van der Waals surface area contributed by atoms with Crippen molar-refractivity contribution in [3.05, 3.63) is 0 Å². The molecule has 0 aromatic heterocycles. The first-order valence-electron chi connectivity index (χ1n) is 6.73. The van der Waals surface area contributed by atoms with Gasteiger partial charge in [0.15, 0.2) is 0 Å². The monoisotopic (exact) mass is 244 g/mol. The van der Waals surface area contributed by atoms with E-state index in [1.54, 1.807) is 0 Å². The molecule has 1 aliphatic rings. The van der Waals surface area contributed by atoms with Crippen molar-refractivity contribution in [2.24, 2.45) is 5.41 Å². The number of hydrogen-bond donors (Lipinski definition) is 2. The Morgan fingerprint density at radius 3 is 2.82 bits per heavy atom. The van der Waals surface area contributed by atoms with Crippen LogP contribution in [0.4, 0.5) is 0 Å². The van der Waals surface area contributed by atoms with E-state index in [0.717, 1.165) is 39.3 Å². The maximum absolute atomic E-state index is 9.21. The van der Waals surface area contributed by atoms with Gasteiger partial charge in [-0.2, -0.15) is 0 Å². The fraction of sp³-hybridized carbons (Fsp3) is 1.00. The van der Waals surface area contributed by atoms with Crippen LogP contribution in [0.5, 0.6) is 0 Å². The third-order valence-electron chi connectivity index (χ3n) is 3.76. The smallest absolute Gasteiger partial charge is 0.0584 e. The zero-order chi connectivity index (χ0) is 12.7. The van der Waals surface area contributed by atoms with Crippen molar-refractivity contribution in [3.8, 4) is 0 Å². The molecule has 0 amide bonds. The molecule has 4 nitrogen and oxygen atoms in total. The molecular weight excluding hydrogens is 216 g/mol. The molecule has 0 saturated carbocycles. The van der Waals surface area contributed by atoms with Gasteiger partial charge in [-0.25, -0.2) is 0 Å². The van der Waals surface area contributed by atoms with Crippen LogP contribution in [0, 0.1) is 5.41 Å². The van der Waals surface area contributed by atoms with Crippen molar-refractivity contribution in [2.45, 2.75) is 32.7 Å². The highest BCUT2D eigenvalue weighted by Crippen LogP contribution is 2.29. The van der Waals surface area contributed by atoms with Gasteiger partial charge in [-0.1, -0.05) is 6.92 Å². The van der Waals surface area contributed by atoms with Crippen LogP contribution >= 0.6 is 0 Å². The molecule has 4 heteroatoms. The second kappa shape index (κ2) is 7.31. The number of ether oxygens (including phenoxy) is 1. The number of aliphatic hydroxyl groups excluding tert-OH is 1. The predicted octanol–water partition coefficient (Wildman–Crippen LogP) is 0.705. The Morgan fingerprint density at radius 1 is 1.53 bits per heavy atom. The highest BCUT2D eigenvalue weighted by atomic mass is 16.5. The molecule has 1 heterocycles. The summed E-state index contributed by atoms with van der Waals surface area (Å²) in [5.41, 5.74) is 0.215. The zero-order valence-electron chi connectivity index (χ0n) is 11.5. The number of hydrogen-bond acceptors (Lipinski definition) is 4. The van der Waals surface area contributed by atoms with E-state index < -0.39 is 0 Å². The van der Waals surface area contributed by atoms with Gasteiger partial charge in [0.2, 0.25) is 0 Å². The van der Waals surface area contributed by atoms with Gasteiger partial charge in [0.25, 0.3) is 0 Å². The molecule has 2 atom stereocenters. The maximum Gasteiger partial charge on any atom is 0.0584 e. The normalized spacial score (nSPS) is 27.4. The average molecular weight is 244 g/mol. The van der Waals surface area contributed by atoms with E-state index in [1.165, 1.54) is 6.42 Å². The van der Waals surface area contributed by atoms with Crippen molar-refractivity contribution < 1.29 is 9.84 Å². The number of aliphatic hydroxyl groups is 1. The van der Waals surface area contributed by atoms with Gasteiger partial charge in [-0.05, 0) is 33.4 Å². The van der Waals surface area contributed by atoms with E-state index in [1.807, 2.05) is 0 Å². The fourth-order valence-corrected chi connectivity index (χ4v) is 2.44. The first-order valence-corrected chi connectivity index (χ1v) is 6.73. The quantitative estimate of drug-likeness (QED) is 0.692. The topological polar surface area (TPSA) is 44.7 Å². The Labute approximate surface area is 105 Å². The summed E-state index contributed by atoms with van der Waals surface area (Å²) in [7, 11) is 2.09. The van der Waals surface area contributed by atoms with Crippen molar-refractivity contribution in [3.63, 3.8) is 0 Å². The molecule has 0 spiro atoms. The van der Waals surface area contributed by atoms with Gasteiger partial charge in [0.05, 0.1) is 13.2 Å². The molecule has 2 unspecified atom stereocenters. The highest BCUT2D eigenvalue weighted by Gasteiger charge is 2.34. The Morgan fingerprint density at radius 2 is 2.29 bits per heavy atom. The van der Waals surface area contributed by atoms with Crippen LogP contribution in [0.1, 0.15) is 26.7 Å². The second-order valence-corrected chi connectivity index (χ2v) is 5.38. The summed E-state index contributed by atoms with van der Waals surface area (Å²) in [6.45, 7) is 9.14. The summed E-state index contributed by atoms with van der Waals surface area (Å²) in [4.78, 5) is 2.24. The van der Waals surface area contributed by atoms with E-state index in [9.17, 15) is 5.11 Å². The Kier molecular flexibility index (Phi) is 6.41. The van der Waals surface area contributed by atoms with Gasteiger partial charge in [0.1, 0.15) is 0 Å². The van der Waals surface area contributed by atoms with Crippen LogP contribution in [0.3, 0.4) is 0 Å². The maximum atomic E-state index is 9.21. The molecule has 0 aromatic carbocycles. The molecule has 1 fully saturated rings. The molecule has 1 rings (SSSR count).